The third kappa shape index (κ3) is 5.07. The van der Waals surface area contributed by atoms with Gasteiger partial charge in [-0.25, -0.2) is 9.97 Å². The first-order valence-electron chi connectivity index (χ1n) is 10.4. The number of benzene rings is 2. The van der Waals surface area contributed by atoms with Crippen molar-refractivity contribution in [1.82, 2.24) is 9.97 Å². The summed E-state index contributed by atoms with van der Waals surface area (Å²) in [6, 6.07) is 8.87. The second kappa shape index (κ2) is 9.11. The summed E-state index contributed by atoms with van der Waals surface area (Å²) in [5.74, 6) is -0.858. The fourth-order valence-corrected chi connectivity index (χ4v) is 3.94. The standard InChI is InChI=1S/C23H19F7N4/c24-19-20(31-12-14-3-7-16(8-4-14)22(25,26)27)32-13-33-21(19)34-11-1-2-18(34)15-5-9-17(10-6-15)23(28,29)30/h3-10,13,18H,1-2,11-12H2,(H,31,32,33). The van der Waals surface area contributed by atoms with Gasteiger partial charge in [0.1, 0.15) is 6.33 Å². The summed E-state index contributed by atoms with van der Waals surface area (Å²) < 4.78 is 92.0. The first kappa shape index (κ1) is 23.8. The molecule has 4 nitrogen and oxygen atoms in total. The molecule has 0 amide bonds. The van der Waals surface area contributed by atoms with Crippen molar-refractivity contribution >= 4 is 11.6 Å². The van der Waals surface area contributed by atoms with Gasteiger partial charge in [0.15, 0.2) is 11.6 Å². The number of alkyl halides is 6. The Hall–Kier alpha value is -3.37. The second-order valence-electron chi connectivity index (χ2n) is 7.88. The molecule has 34 heavy (non-hydrogen) atoms. The topological polar surface area (TPSA) is 41.1 Å². The van der Waals surface area contributed by atoms with E-state index < -0.39 is 29.3 Å². The smallest absolute Gasteiger partial charge is 0.363 e. The van der Waals surface area contributed by atoms with Crippen molar-refractivity contribution in [2.45, 2.75) is 37.8 Å². The summed E-state index contributed by atoms with van der Waals surface area (Å²) in [5.41, 5.74) is -0.432. The number of hydrogen-bond acceptors (Lipinski definition) is 4. The maximum absolute atomic E-state index is 15.2. The SMILES string of the molecule is Fc1c(NCc2ccc(C(F)(F)F)cc2)ncnc1N1CCCC1c1ccc(C(F)(F)F)cc1. The van der Waals surface area contributed by atoms with E-state index in [4.69, 9.17) is 0 Å². The first-order chi connectivity index (χ1) is 16.0. The molecule has 0 bridgehead atoms. The molecule has 1 atom stereocenters. The normalized spacial score (nSPS) is 16.7. The minimum atomic E-state index is -4.45. The molecule has 0 saturated carbocycles. The van der Waals surface area contributed by atoms with Gasteiger partial charge in [-0.3, -0.25) is 0 Å². The van der Waals surface area contributed by atoms with Crippen LogP contribution in [0.4, 0.5) is 42.4 Å². The van der Waals surface area contributed by atoms with Crippen LogP contribution in [-0.2, 0) is 18.9 Å². The van der Waals surface area contributed by atoms with E-state index in [9.17, 15) is 26.3 Å². The van der Waals surface area contributed by atoms with E-state index in [2.05, 4.69) is 15.3 Å². The minimum absolute atomic E-state index is 0.00678. The lowest BCUT2D eigenvalue weighted by Crippen LogP contribution is -2.25. The Morgan fingerprint density at radius 2 is 1.44 bits per heavy atom. The zero-order valence-corrected chi connectivity index (χ0v) is 17.6. The summed E-state index contributed by atoms with van der Waals surface area (Å²) in [7, 11) is 0. The third-order valence-corrected chi connectivity index (χ3v) is 5.66. The second-order valence-corrected chi connectivity index (χ2v) is 7.88. The Labute approximate surface area is 190 Å². The Morgan fingerprint density at radius 1 is 0.853 bits per heavy atom. The molecule has 1 aromatic heterocycles. The van der Waals surface area contributed by atoms with Crippen LogP contribution in [0.25, 0.3) is 0 Å². The van der Waals surface area contributed by atoms with Gasteiger partial charge in [-0.1, -0.05) is 24.3 Å². The molecule has 1 unspecified atom stereocenters. The monoisotopic (exact) mass is 484 g/mol. The van der Waals surface area contributed by atoms with Crippen LogP contribution in [-0.4, -0.2) is 16.5 Å². The van der Waals surface area contributed by atoms with Crippen LogP contribution in [0.1, 0.15) is 41.1 Å². The van der Waals surface area contributed by atoms with Crippen molar-refractivity contribution < 1.29 is 30.7 Å². The summed E-state index contributed by atoms with van der Waals surface area (Å²) in [5, 5.41) is 2.77. The van der Waals surface area contributed by atoms with E-state index in [1.807, 2.05) is 0 Å². The predicted molar refractivity (Wildman–Crippen MR) is 112 cm³/mol. The quantitative estimate of drug-likeness (QED) is 0.414. The largest absolute Gasteiger partial charge is 0.416 e. The molecule has 2 aromatic carbocycles. The maximum Gasteiger partial charge on any atom is 0.416 e. The molecule has 1 N–H and O–H groups in total. The van der Waals surface area contributed by atoms with E-state index in [1.165, 1.54) is 24.3 Å². The fourth-order valence-electron chi connectivity index (χ4n) is 3.94. The zero-order valence-electron chi connectivity index (χ0n) is 17.6. The lowest BCUT2D eigenvalue weighted by Gasteiger charge is -2.27. The Kier molecular flexibility index (Phi) is 6.37. The molecular formula is C23H19F7N4. The van der Waals surface area contributed by atoms with Crippen molar-refractivity contribution in [3.05, 3.63) is 82.9 Å². The minimum Gasteiger partial charge on any atom is -0.363 e. The van der Waals surface area contributed by atoms with Crippen LogP contribution in [0.2, 0.25) is 0 Å². The van der Waals surface area contributed by atoms with Gasteiger partial charge in [0.05, 0.1) is 17.2 Å². The fraction of sp³-hybridized carbons (Fsp3) is 0.304. The Morgan fingerprint density at radius 3 is 2.03 bits per heavy atom. The highest BCUT2D eigenvalue weighted by molar-refractivity contribution is 5.53. The molecule has 1 aliphatic heterocycles. The van der Waals surface area contributed by atoms with E-state index in [-0.39, 0.29) is 24.2 Å². The number of anilines is 2. The number of nitrogens with one attached hydrogen (secondary N) is 1. The first-order valence-corrected chi connectivity index (χ1v) is 10.4. The van der Waals surface area contributed by atoms with Gasteiger partial charge in [-0.05, 0) is 48.2 Å². The van der Waals surface area contributed by atoms with Crippen molar-refractivity contribution in [2.24, 2.45) is 0 Å². The number of nitrogens with zero attached hydrogens (tertiary/aromatic N) is 3. The van der Waals surface area contributed by atoms with Crippen molar-refractivity contribution in [3.63, 3.8) is 0 Å². The van der Waals surface area contributed by atoms with Crippen LogP contribution in [0.15, 0.2) is 54.9 Å². The van der Waals surface area contributed by atoms with E-state index >= 15 is 4.39 Å². The van der Waals surface area contributed by atoms with Crippen molar-refractivity contribution in [3.8, 4) is 0 Å². The molecule has 0 aliphatic carbocycles. The van der Waals surface area contributed by atoms with Crippen molar-refractivity contribution in [2.75, 3.05) is 16.8 Å². The summed E-state index contributed by atoms with van der Waals surface area (Å²) in [6.07, 6.45) is -6.42. The number of rotatable bonds is 5. The van der Waals surface area contributed by atoms with E-state index in [0.29, 0.717) is 30.5 Å². The molecule has 0 spiro atoms. The lowest BCUT2D eigenvalue weighted by atomic mass is 10.0. The Balaban J connectivity index is 1.50. The summed E-state index contributed by atoms with van der Waals surface area (Å²) >= 11 is 0. The van der Waals surface area contributed by atoms with E-state index in [0.717, 1.165) is 30.6 Å². The van der Waals surface area contributed by atoms with Gasteiger partial charge >= 0.3 is 12.4 Å². The molecule has 1 fully saturated rings. The zero-order chi connectivity index (χ0) is 24.5. The predicted octanol–water partition coefficient (Wildman–Crippen LogP) is 6.61. The number of halogens is 7. The molecule has 1 saturated heterocycles. The lowest BCUT2D eigenvalue weighted by molar-refractivity contribution is -0.138. The van der Waals surface area contributed by atoms with Gasteiger partial charge in [0.2, 0.25) is 5.82 Å². The third-order valence-electron chi connectivity index (χ3n) is 5.66. The van der Waals surface area contributed by atoms with Crippen LogP contribution in [0.5, 0.6) is 0 Å². The molecule has 11 heteroatoms. The average Bonchev–Trinajstić information content (AvgIpc) is 3.27. The van der Waals surface area contributed by atoms with Gasteiger partial charge in [0, 0.05) is 13.1 Å². The van der Waals surface area contributed by atoms with Crippen molar-refractivity contribution in [1.29, 1.82) is 0 Å². The highest BCUT2D eigenvalue weighted by Crippen LogP contribution is 2.38. The van der Waals surface area contributed by atoms with Gasteiger partial charge in [-0.15, -0.1) is 0 Å². The van der Waals surface area contributed by atoms with Crippen LogP contribution in [0.3, 0.4) is 0 Å². The molecule has 2 heterocycles. The van der Waals surface area contributed by atoms with E-state index in [1.54, 1.807) is 4.90 Å². The summed E-state index contributed by atoms with van der Waals surface area (Å²) in [4.78, 5) is 9.62. The highest BCUT2D eigenvalue weighted by atomic mass is 19.4. The van der Waals surface area contributed by atoms with Gasteiger partial charge in [-0.2, -0.15) is 30.7 Å². The number of hydrogen-bond donors (Lipinski definition) is 1. The van der Waals surface area contributed by atoms with Crippen LogP contribution < -0.4 is 10.2 Å². The molecule has 1 aliphatic rings. The van der Waals surface area contributed by atoms with Crippen LogP contribution in [0, 0.1) is 5.82 Å². The molecule has 0 radical (unpaired) electrons. The highest BCUT2D eigenvalue weighted by Gasteiger charge is 2.33. The molecule has 3 aromatic rings. The number of aromatic nitrogens is 2. The van der Waals surface area contributed by atoms with Gasteiger partial charge < -0.3 is 10.2 Å². The molecule has 4 rings (SSSR count). The Bertz CT molecular complexity index is 1130. The molecule has 180 valence electrons. The van der Waals surface area contributed by atoms with Crippen LogP contribution >= 0.6 is 0 Å². The summed E-state index contributed by atoms with van der Waals surface area (Å²) in [6.45, 7) is 0.492. The maximum atomic E-state index is 15.2. The van der Waals surface area contributed by atoms with Gasteiger partial charge in [0.25, 0.3) is 0 Å². The average molecular weight is 484 g/mol. The molecular weight excluding hydrogens is 465 g/mol.